The number of halogens is 3. The van der Waals surface area contributed by atoms with Crippen LogP contribution >= 0.6 is 0 Å². The summed E-state index contributed by atoms with van der Waals surface area (Å²) in [6.45, 7) is 7.63. The summed E-state index contributed by atoms with van der Waals surface area (Å²) in [6.07, 6.45) is 1.04. The van der Waals surface area contributed by atoms with E-state index >= 15 is 0 Å². The van der Waals surface area contributed by atoms with E-state index in [9.17, 15) is 13.2 Å². The Balaban J connectivity index is 1.83. The minimum absolute atomic E-state index is 0.410. The monoisotopic (exact) mass is 377 g/mol. The zero-order chi connectivity index (χ0) is 19.2. The molecule has 0 bridgehead atoms. The van der Waals surface area contributed by atoms with Crippen LogP contribution in [0.2, 0.25) is 0 Å². The van der Waals surface area contributed by atoms with E-state index in [0.717, 1.165) is 19.0 Å². The maximum atomic E-state index is 12.9. The molecule has 0 aromatic heterocycles. The van der Waals surface area contributed by atoms with Gasteiger partial charge in [-0.1, -0.05) is 12.8 Å². The van der Waals surface area contributed by atoms with Crippen LogP contribution < -0.4 is 5.32 Å². The second-order valence-electron chi connectivity index (χ2n) is 7.40. The molecule has 1 aliphatic heterocycles. The summed E-state index contributed by atoms with van der Waals surface area (Å²) in [5, 5.41) is 3.29. The van der Waals surface area contributed by atoms with Gasteiger partial charge in [-0.15, -0.1) is 0 Å². The zero-order valence-electron chi connectivity index (χ0n) is 16.4. The van der Waals surface area contributed by atoms with Gasteiger partial charge >= 0.3 is 6.18 Å². The summed E-state index contributed by atoms with van der Waals surface area (Å²) < 4.78 is 38.7. The Hall–Kier alpha value is -1.02. The Morgan fingerprint density at radius 2 is 1.81 bits per heavy atom. The number of piperazine rings is 1. The van der Waals surface area contributed by atoms with Crippen LogP contribution in [0.15, 0.2) is 4.99 Å². The van der Waals surface area contributed by atoms with Crippen LogP contribution in [0.1, 0.15) is 39.5 Å². The third kappa shape index (κ3) is 6.01. The number of rotatable bonds is 6. The average Bonchev–Trinajstić information content (AvgIpc) is 3.14. The Morgan fingerprint density at radius 1 is 1.19 bits per heavy atom. The van der Waals surface area contributed by atoms with E-state index in [4.69, 9.17) is 4.99 Å². The number of guanidine groups is 1. The van der Waals surface area contributed by atoms with Gasteiger partial charge in [-0.3, -0.25) is 9.89 Å². The van der Waals surface area contributed by atoms with Gasteiger partial charge in [0, 0.05) is 45.3 Å². The molecule has 2 aliphatic rings. The van der Waals surface area contributed by atoms with Gasteiger partial charge in [0.15, 0.2) is 5.96 Å². The Morgan fingerprint density at radius 3 is 2.35 bits per heavy atom. The van der Waals surface area contributed by atoms with E-state index in [1.54, 1.807) is 0 Å². The average molecular weight is 377 g/mol. The number of likely N-dealkylation sites (N-methyl/N-ethyl adjacent to an activating group) is 1. The highest BCUT2D eigenvalue weighted by Gasteiger charge is 2.41. The van der Waals surface area contributed by atoms with E-state index in [1.165, 1.54) is 37.5 Å². The van der Waals surface area contributed by atoms with Crippen LogP contribution in [0, 0.1) is 0 Å². The molecule has 8 heteroatoms. The van der Waals surface area contributed by atoms with Crippen molar-refractivity contribution in [2.45, 2.75) is 57.8 Å². The summed E-state index contributed by atoms with van der Waals surface area (Å²) in [4.78, 5) is 10.7. The number of nitrogens with one attached hydrogen (secondary N) is 1. The van der Waals surface area contributed by atoms with E-state index in [1.807, 2.05) is 6.92 Å². The molecule has 0 radical (unpaired) electrons. The molecule has 1 N–H and O–H groups in total. The minimum Gasteiger partial charge on any atom is -0.357 e. The summed E-state index contributed by atoms with van der Waals surface area (Å²) in [5.41, 5.74) is 0. The molecular formula is C18H34F3N5. The number of aliphatic imine (C=N–C) groups is 1. The molecule has 1 heterocycles. The fraction of sp³-hybridized carbons (Fsp3) is 0.944. The molecular weight excluding hydrogens is 343 g/mol. The first kappa shape index (κ1) is 21.3. The molecule has 152 valence electrons. The fourth-order valence-corrected chi connectivity index (χ4v) is 3.80. The molecule has 5 nitrogen and oxygen atoms in total. The van der Waals surface area contributed by atoms with E-state index in [2.05, 4.69) is 22.2 Å². The molecule has 0 spiro atoms. The number of nitrogens with zero attached hydrogens (tertiary/aromatic N) is 4. The van der Waals surface area contributed by atoms with E-state index in [0.29, 0.717) is 38.8 Å². The Labute approximate surface area is 155 Å². The van der Waals surface area contributed by atoms with Gasteiger partial charge in [-0.05, 0) is 33.7 Å². The van der Waals surface area contributed by atoms with Crippen LogP contribution in [0.25, 0.3) is 0 Å². The van der Waals surface area contributed by atoms with Gasteiger partial charge < -0.3 is 15.1 Å². The molecule has 1 saturated heterocycles. The van der Waals surface area contributed by atoms with Gasteiger partial charge in [-0.25, -0.2) is 0 Å². The van der Waals surface area contributed by atoms with Gasteiger partial charge in [0.1, 0.15) is 6.04 Å². The minimum atomic E-state index is -4.16. The molecule has 2 rings (SSSR count). The summed E-state index contributed by atoms with van der Waals surface area (Å²) in [7, 11) is 2.16. The lowest BCUT2D eigenvalue weighted by molar-refractivity contribution is -0.181. The van der Waals surface area contributed by atoms with Gasteiger partial charge in [0.25, 0.3) is 0 Å². The van der Waals surface area contributed by atoms with E-state index < -0.39 is 12.2 Å². The highest BCUT2D eigenvalue weighted by molar-refractivity contribution is 5.80. The zero-order valence-corrected chi connectivity index (χ0v) is 16.4. The number of hydrogen-bond acceptors (Lipinski definition) is 3. The maximum Gasteiger partial charge on any atom is 0.403 e. The van der Waals surface area contributed by atoms with Crippen molar-refractivity contribution < 1.29 is 13.2 Å². The summed E-state index contributed by atoms with van der Waals surface area (Å²) in [5.74, 6) is 0.826. The normalized spacial score (nSPS) is 22.3. The van der Waals surface area contributed by atoms with Gasteiger partial charge in [-0.2, -0.15) is 13.2 Å². The molecule has 0 aromatic rings. The molecule has 0 aromatic carbocycles. The highest BCUT2D eigenvalue weighted by atomic mass is 19.4. The van der Waals surface area contributed by atoms with Gasteiger partial charge in [0.2, 0.25) is 0 Å². The predicted molar refractivity (Wildman–Crippen MR) is 99.5 cm³/mol. The molecule has 2 fully saturated rings. The van der Waals surface area contributed by atoms with Gasteiger partial charge in [0.05, 0.1) is 6.54 Å². The summed E-state index contributed by atoms with van der Waals surface area (Å²) in [6, 6.07) is -0.704. The molecule has 1 atom stereocenters. The second kappa shape index (κ2) is 9.78. The first-order chi connectivity index (χ1) is 12.3. The quantitative estimate of drug-likeness (QED) is 0.569. The third-order valence-corrected chi connectivity index (χ3v) is 5.63. The lowest BCUT2D eigenvalue weighted by Gasteiger charge is -2.39. The van der Waals surface area contributed by atoms with Crippen molar-refractivity contribution >= 4 is 5.96 Å². The predicted octanol–water partition coefficient (Wildman–Crippen LogP) is 2.39. The lowest BCUT2D eigenvalue weighted by Crippen LogP contribution is -2.56. The summed E-state index contributed by atoms with van der Waals surface area (Å²) >= 11 is 0. The number of alkyl halides is 3. The Kier molecular flexibility index (Phi) is 8.01. The van der Waals surface area contributed by atoms with Crippen molar-refractivity contribution in [2.24, 2.45) is 4.99 Å². The lowest BCUT2D eigenvalue weighted by atomic mass is 10.2. The van der Waals surface area contributed by atoms with Crippen LogP contribution in [-0.2, 0) is 0 Å². The van der Waals surface area contributed by atoms with E-state index in [-0.39, 0.29) is 0 Å². The van der Waals surface area contributed by atoms with Crippen molar-refractivity contribution in [2.75, 3.05) is 52.9 Å². The molecule has 0 amide bonds. The topological polar surface area (TPSA) is 34.1 Å². The van der Waals surface area contributed by atoms with Crippen LogP contribution in [-0.4, -0.2) is 91.8 Å². The standard InChI is InChI=1S/C18H34F3N5/c1-4-22-17(23-9-10-24(3)16-7-5-6-8-16)26-13-11-25(12-14-26)15(2)18(19,20)21/h15-16H,4-14H2,1-3H3,(H,22,23). The van der Waals surface area contributed by atoms with Crippen molar-refractivity contribution in [3.05, 3.63) is 0 Å². The highest BCUT2D eigenvalue weighted by Crippen LogP contribution is 2.25. The van der Waals surface area contributed by atoms with Crippen LogP contribution in [0.5, 0.6) is 0 Å². The molecule has 26 heavy (non-hydrogen) atoms. The van der Waals surface area contributed by atoms with Crippen LogP contribution in [0.3, 0.4) is 0 Å². The largest absolute Gasteiger partial charge is 0.403 e. The Bertz CT molecular complexity index is 441. The van der Waals surface area contributed by atoms with Crippen molar-refractivity contribution in [3.63, 3.8) is 0 Å². The molecule has 1 saturated carbocycles. The molecule has 1 aliphatic carbocycles. The molecule has 1 unspecified atom stereocenters. The smallest absolute Gasteiger partial charge is 0.357 e. The van der Waals surface area contributed by atoms with Crippen molar-refractivity contribution in [1.82, 2.24) is 20.0 Å². The van der Waals surface area contributed by atoms with Crippen LogP contribution in [0.4, 0.5) is 13.2 Å². The first-order valence-corrected chi connectivity index (χ1v) is 9.87. The second-order valence-corrected chi connectivity index (χ2v) is 7.40. The third-order valence-electron chi connectivity index (χ3n) is 5.63. The maximum absolute atomic E-state index is 12.9. The fourth-order valence-electron chi connectivity index (χ4n) is 3.80. The SMILES string of the molecule is CCNC(=NCCN(C)C1CCCC1)N1CCN(C(C)C(F)(F)F)CC1. The van der Waals surface area contributed by atoms with Crippen molar-refractivity contribution in [3.8, 4) is 0 Å². The van der Waals surface area contributed by atoms with Crippen molar-refractivity contribution in [1.29, 1.82) is 0 Å². The number of hydrogen-bond donors (Lipinski definition) is 1. The first-order valence-electron chi connectivity index (χ1n) is 9.87.